The van der Waals surface area contributed by atoms with E-state index in [1.54, 1.807) is 30.3 Å². The third-order valence-corrected chi connectivity index (χ3v) is 8.39. The first-order chi connectivity index (χ1) is 22.7. The van der Waals surface area contributed by atoms with E-state index in [0.29, 0.717) is 48.4 Å². The highest BCUT2D eigenvalue weighted by Crippen LogP contribution is 2.52. The van der Waals surface area contributed by atoms with E-state index >= 15 is 0 Å². The lowest BCUT2D eigenvalue weighted by Gasteiger charge is -2.19. The Kier molecular flexibility index (Phi) is 10.4. The van der Waals surface area contributed by atoms with E-state index in [1.165, 1.54) is 12.1 Å². The summed E-state index contributed by atoms with van der Waals surface area (Å²) in [6, 6.07) is 15.2. The van der Waals surface area contributed by atoms with Crippen molar-refractivity contribution in [2.24, 2.45) is 0 Å². The number of halogens is 2. The van der Waals surface area contributed by atoms with E-state index in [9.17, 15) is 23.2 Å². The zero-order chi connectivity index (χ0) is 34.5. The summed E-state index contributed by atoms with van der Waals surface area (Å²) in [6.07, 6.45) is 3.53. The maximum atomic E-state index is 13.5. The van der Waals surface area contributed by atoms with Crippen LogP contribution in [0.1, 0.15) is 100 Å². The number of carbonyl (C=O) groups excluding carboxylic acids is 3. The number of hydrogen-bond donors (Lipinski definition) is 2. The van der Waals surface area contributed by atoms with Crippen molar-refractivity contribution in [3.63, 3.8) is 0 Å². The molecular formula is C37H43F2N3O6. The van der Waals surface area contributed by atoms with Crippen molar-refractivity contribution < 1.29 is 37.4 Å². The molecule has 2 amide bonds. The minimum Gasteiger partial charge on any atom is -0.460 e. The molecule has 1 aliphatic carbocycles. The number of hydrogen-bond acceptors (Lipinski definition) is 7. The fourth-order valence-electron chi connectivity index (χ4n) is 5.75. The van der Waals surface area contributed by atoms with Crippen molar-refractivity contribution in [2.75, 3.05) is 11.9 Å². The number of benzene rings is 2. The van der Waals surface area contributed by atoms with Gasteiger partial charge in [-0.15, -0.1) is 8.78 Å². The molecule has 9 nitrogen and oxygen atoms in total. The summed E-state index contributed by atoms with van der Waals surface area (Å²) < 4.78 is 41.4. The van der Waals surface area contributed by atoms with E-state index in [4.69, 9.17) is 9.72 Å². The standard InChI is InChI=1S/C37H43F2N3O6/c1-24-15-18-30(42-34(45)36(19-20-36)27-16-17-28-29(23-27)47-37(38,39)46-28)41-32(24)25-12-11-13-26(22-25)33(44)40-21-10-8-6-5-7-9-14-31(43)48-35(2,3)4/h11-13,15-18,22-23H,5-10,14,19-21H2,1-4H3,(H,40,44)(H,41,42,45). The molecule has 2 heterocycles. The van der Waals surface area contributed by atoms with Crippen molar-refractivity contribution in [3.05, 3.63) is 71.3 Å². The Morgan fingerprint density at radius 2 is 1.60 bits per heavy atom. The number of pyridine rings is 1. The van der Waals surface area contributed by atoms with Crippen LogP contribution >= 0.6 is 0 Å². The van der Waals surface area contributed by atoms with E-state index in [1.807, 2.05) is 39.8 Å². The predicted molar refractivity (Wildman–Crippen MR) is 177 cm³/mol. The normalized spacial score (nSPS) is 15.5. The van der Waals surface area contributed by atoms with Crippen LogP contribution in [0, 0.1) is 6.92 Å². The number of aromatic nitrogens is 1. The number of alkyl halides is 2. The van der Waals surface area contributed by atoms with Gasteiger partial charge in [0.15, 0.2) is 11.5 Å². The molecule has 0 saturated heterocycles. The summed E-state index contributed by atoms with van der Waals surface area (Å²) in [5.41, 5.74) is 2.00. The molecule has 0 unspecified atom stereocenters. The molecule has 0 bridgehead atoms. The van der Waals surface area contributed by atoms with Crippen LogP contribution in [0.25, 0.3) is 11.3 Å². The van der Waals surface area contributed by atoms with Gasteiger partial charge in [-0.3, -0.25) is 14.4 Å². The summed E-state index contributed by atoms with van der Waals surface area (Å²) >= 11 is 0. The zero-order valence-electron chi connectivity index (χ0n) is 27.9. The lowest BCUT2D eigenvalue weighted by Crippen LogP contribution is -2.28. The highest BCUT2D eigenvalue weighted by molar-refractivity contribution is 6.01. The third kappa shape index (κ3) is 8.87. The van der Waals surface area contributed by atoms with E-state index in [2.05, 4.69) is 20.1 Å². The number of unbranched alkanes of at least 4 members (excludes halogenated alkanes) is 5. The number of ether oxygens (including phenoxy) is 3. The highest BCUT2D eigenvalue weighted by Gasteiger charge is 2.53. The smallest absolute Gasteiger partial charge is 0.460 e. The van der Waals surface area contributed by atoms with Gasteiger partial charge in [0.25, 0.3) is 5.91 Å². The average molecular weight is 664 g/mol. The van der Waals surface area contributed by atoms with Gasteiger partial charge in [-0.1, -0.05) is 49.9 Å². The minimum absolute atomic E-state index is 0.0686. The van der Waals surface area contributed by atoms with Crippen molar-refractivity contribution >= 4 is 23.6 Å². The lowest BCUT2D eigenvalue weighted by atomic mass is 9.94. The van der Waals surface area contributed by atoms with Crippen LogP contribution in [-0.4, -0.2) is 41.2 Å². The molecular weight excluding hydrogens is 620 g/mol. The summed E-state index contributed by atoms with van der Waals surface area (Å²) in [7, 11) is 0. The molecule has 0 atom stereocenters. The predicted octanol–water partition coefficient (Wildman–Crippen LogP) is 7.85. The molecule has 0 spiro atoms. The molecule has 0 radical (unpaired) electrons. The molecule has 2 aromatic carbocycles. The molecule has 1 fully saturated rings. The van der Waals surface area contributed by atoms with Gasteiger partial charge in [0.2, 0.25) is 5.91 Å². The second kappa shape index (κ2) is 14.3. The number of aryl methyl sites for hydroxylation is 1. The number of esters is 1. The Balaban J connectivity index is 1.11. The number of anilines is 1. The van der Waals surface area contributed by atoms with Gasteiger partial charge in [-0.25, -0.2) is 4.98 Å². The maximum absolute atomic E-state index is 13.5. The van der Waals surface area contributed by atoms with Crippen molar-refractivity contribution in [2.45, 2.75) is 103 Å². The Labute approximate surface area is 279 Å². The zero-order valence-corrected chi connectivity index (χ0v) is 27.9. The second-order valence-electron chi connectivity index (χ2n) is 13.5. The fourth-order valence-corrected chi connectivity index (χ4v) is 5.75. The average Bonchev–Trinajstić information content (AvgIpc) is 3.77. The Hall–Kier alpha value is -4.54. The highest BCUT2D eigenvalue weighted by atomic mass is 19.3. The fraction of sp³-hybridized carbons (Fsp3) is 0.459. The van der Waals surface area contributed by atoms with Crippen LogP contribution in [0.2, 0.25) is 0 Å². The number of amides is 2. The first kappa shape index (κ1) is 34.8. The number of nitrogens with one attached hydrogen (secondary N) is 2. The SMILES string of the molecule is Cc1ccc(NC(=O)C2(c3ccc4c(c3)OC(F)(F)O4)CC2)nc1-c1cccc(C(=O)NCCCCCCCCC(=O)OC(C)(C)C)c1. The van der Waals surface area contributed by atoms with Gasteiger partial charge in [0, 0.05) is 24.1 Å². The monoisotopic (exact) mass is 663 g/mol. The first-order valence-corrected chi connectivity index (χ1v) is 16.5. The summed E-state index contributed by atoms with van der Waals surface area (Å²) in [4.78, 5) is 42.9. The molecule has 48 heavy (non-hydrogen) atoms. The van der Waals surface area contributed by atoms with Gasteiger partial charge < -0.3 is 24.8 Å². The van der Waals surface area contributed by atoms with Crippen LogP contribution in [0.4, 0.5) is 14.6 Å². The van der Waals surface area contributed by atoms with Crippen LogP contribution in [0.5, 0.6) is 11.5 Å². The number of rotatable bonds is 14. The Morgan fingerprint density at radius 1 is 0.896 bits per heavy atom. The molecule has 5 rings (SSSR count). The van der Waals surface area contributed by atoms with Crippen LogP contribution in [0.3, 0.4) is 0 Å². The van der Waals surface area contributed by atoms with E-state index in [-0.39, 0.29) is 29.3 Å². The van der Waals surface area contributed by atoms with Gasteiger partial charge >= 0.3 is 12.3 Å². The molecule has 2 aliphatic rings. The second-order valence-corrected chi connectivity index (χ2v) is 13.5. The Morgan fingerprint density at radius 3 is 2.33 bits per heavy atom. The van der Waals surface area contributed by atoms with Gasteiger partial charge in [0.05, 0.1) is 11.1 Å². The Bertz CT molecular complexity index is 1660. The van der Waals surface area contributed by atoms with Crippen molar-refractivity contribution in [1.82, 2.24) is 10.3 Å². The number of fused-ring (bicyclic) bond motifs is 1. The van der Waals surface area contributed by atoms with Crippen molar-refractivity contribution in [3.8, 4) is 22.8 Å². The van der Waals surface area contributed by atoms with Crippen LogP contribution in [-0.2, 0) is 19.7 Å². The maximum Gasteiger partial charge on any atom is 0.586 e. The molecule has 256 valence electrons. The summed E-state index contributed by atoms with van der Waals surface area (Å²) in [5.74, 6) is -0.433. The largest absolute Gasteiger partial charge is 0.586 e. The van der Waals surface area contributed by atoms with Gasteiger partial charge in [-0.05, 0) is 94.8 Å². The minimum atomic E-state index is -3.73. The van der Waals surface area contributed by atoms with E-state index < -0.39 is 17.3 Å². The van der Waals surface area contributed by atoms with Crippen molar-refractivity contribution in [1.29, 1.82) is 0 Å². The summed E-state index contributed by atoms with van der Waals surface area (Å²) in [6.45, 7) is 8.08. The quantitative estimate of drug-likeness (QED) is 0.133. The topological polar surface area (TPSA) is 116 Å². The lowest BCUT2D eigenvalue weighted by molar-refractivity contribution is -0.286. The van der Waals surface area contributed by atoms with Gasteiger partial charge in [0.1, 0.15) is 11.4 Å². The van der Waals surface area contributed by atoms with Gasteiger partial charge in [-0.2, -0.15) is 0 Å². The molecule has 11 heteroatoms. The van der Waals surface area contributed by atoms with E-state index in [0.717, 1.165) is 49.7 Å². The molecule has 1 saturated carbocycles. The molecule has 2 N–H and O–H groups in total. The molecule has 3 aromatic rings. The molecule has 1 aliphatic heterocycles. The first-order valence-electron chi connectivity index (χ1n) is 16.5. The van der Waals surface area contributed by atoms with Crippen LogP contribution in [0.15, 0.2) is 54.6 Å². The van der Waals surface area contributed by atoms with Crippen LogP contribution < -0.4 is 20.1 Å². The number of nitrogens with zero attached hydrogens (tertiary/aromatic N) is 1. The number of carbonyl (C=O) groups is 3. The molecule has 1 aromatic heterocycles. The summed E-state index contributed by atoms with van der Waals surface area (Å²) in [5, 5.41) is 5.89. The third-order valence-electron chi connectivity index (χ3n) is 8.39.